The van der Waals surface area contributed by atoms with E-state index in [4.69, 9.17) is 9.26 Å². The van der Waals surface area contributed by atoms with E-state index in [1.165, 1.54) is 19.3 Å². The van der Waals surface area contributed by atoms with Gasteiger partial charge in [-0.05, 0) is 12.8 Å². The van der Waals surface area contributed by atoms with E-state index in [0.717, 1.165) is 18.5 Å². The Hall–Kier alpha value is -2.22. The molecule has 0 atom stereocenters. The fraction of sp³-hybridized carbons (Fsp3) is 0.600. The van der Waals surface area contributed by atoms with E-state index < -0.39 is 0 Å². The molecule has 3 rings (SSSR count). The molecule has 2 heterocycles. The van der Waals surface area contributed by atoms with Crippen LogP contribution in [0.3, 0.4) is 0 Å². The number of methoxy groups -OCH3 is 1. The highest BCUT2D eigenvalue weighted by Gasteiger charge is 2.23. The van der Waals surface area contributed by atoms with Gasteiger partial charge in [-0.1, -0.05) is 24.4 Å². The second-order valence-corrected chi connectivity index (χ2v) is 5.75. The zero-order chi connectivity index (χ0) is 16.1. The molecular formula is C15H21N5O3. The van der Waals surface area contributed by atoms with Crippen molar-refractivity contribution in [2.24, 2.45) is 0 Å². The van der Waals surface area contributed by atoms with Crippen LogP contribution in [0.1, 0.15) is 65.8 Å². The Morgan fingerprint density at radius 3 is 3.04 bits per heavy atom. The number of carbonyl (C=O) groups is 1. The average molecular weight is 319 g/mol. The summed E-state index contributed by atoms with van der Waals surface area (Å²) in [6, 6.07) is 0. The summed E-state index contributed by atoms with van der Waals surface area (Å²) in [6.45, 7) is 0.468. The van der Waals surface area contributed by atoms with Gasteiger partial charge in [-0.2, -0.15) is 10.1 Å². The van der Waals surface area contributed by atoms with Crippen LogP contribution in [0.5, 0.6) is 0 Å². The quantitative estimate of drug-likeness (QED) is 0.842. The summed E-state index contributed by atoms with van der Waals surface area (Å²) in [5, 5.41) is 13.7. The third-order valence-electron chi connectivity index (χ3n) is 4.11. The predicted molar refractivity (Wildman–Crippen MR) is 80.6 cm³/mol. The van der Waals surface area contributed by atoms with Crippen molar-refractivity contribution in [2.45, 2.75) is 51.2 Å². The van der Waals surface area contributed by atoms with Gasteiger partial charge in [-0.15, -0.1) is 0 Å². The van der Waals surface area contributed by atoms with Crippen LogP contribution in [-0.2, 0) is 17.9 Å². The van der Waals surface area contributed by atoms with Crippen LogP contribution in [0.2, 0.25) is 0 Å². The summed E-state index contributed by atoms with van der Waals surface area (Å²) in [6.07, 6.45) is 7.48. The Labute approximate surface area is 134 Å². The first kappa shape index (κ1) is 15.7. The second-order valence-electron chi connectivity index (χ2n) is 5.75. The fourth-order valence-corrected chi connectivity index (χ4v) is 2.98. The smallest absolute Gasteiger partial charge is 0.255 e. The van der Waals surface area contributed by atoms with Crippen molar-refractivity contribution in [2.75, 3.05) is 7.11 Å². The maximum atomic E-state index is 12.4. The molecule has 2 aromatic rings. The summed E-state index contributed by atoms with van der Waals surface area (Å²) in [4.78, 5) is 16.5. The van der Waals surface area contributed by atoms with Crippen molar-refractivity contribution in [1.82, 2.24) is 25.7 Å². The lowest BCUT2D eigenvalue weighted by Gasteiger charge is -2.21. The molecule has 8 nitrogen and oxygen atoms in total. The number of carbonyl (C=O) groups excluding carboxylic acids is 1. The molecule has 23 heavy (non-hydrogen) atoms. The number of nitrogens with one attached hydrogen (secondary N) is 2. The number of amides is 1. The van der Waals surface area contributed by atoms with E-state index in [1.807, 2.05) is 0 Å². The Kier molecular flexibility index (Phi) is 5.02. The first-order valence-corrected chi connectivity index (χ1v) is 7.89. The molecule has 1 saturated carbocycles. The van der Waals surface area contributed by atoms with Gasteiger partial charge in [0.2, 0.25) is 0 Å². The number of hydrogen-bond donors (Lipinski definition) is 2. The van der Waals surface area contributed by atoms with Gasteiger partial charge in [-0.25, -0.2) is 0 Å². The van der Waals surface area contributed by atoms with Crippen LogP contribution in [0.25, 0.3) is 0 Å². The van der Waals surface area contributed by atoms with E-state index in [9.17, 15) is 4.79 Å². The number of hydrogen-bond acceptors (Lipinski definition) is 6. The van der Waals surface area contributed by atoms with Crippen molar-refractivity contribution >= 4 is 5.91 Å². The summed E-state index contributed by atoms with van der Waals surface area (Å²) in [7, 11) is 1.55. The molecule has 0 aromatic carbocycles. The van der Waals surface area contributed by atoms with Gasteiger partial charge in [-0.3, -0.25) is 9.89 Å². The SMILES string of the molecule is COCc1nc(CNC(=O)c2cn[nH]c2C2CCCCC2)no1. The highest BCUT2D eigenvalue weighted by Crippen LogP contribution is 2.33. The van der Waals surface area contributed by atoms with Gasteiger partial charge < -0.3 is 14.6 Å². The Morgan fingerprint density at radius 2 is 2.26 bits per heavy atom. The first-order valence-electron chi connectivity index (χ1n) is 7.89. The van der Waals surface area contributed by atoms with Crippen LogP contribution in [-0.4, -0.2) is 33.4 Å². The standard InChI is InChI=1S/C15H21N5O3/c1-22-9-13-18-12(20-23-13)8-16-15(21)11-7-17-19-14(11)10-5-3-2-4-6-10/h7,10H,2-6,8-9H2,1H3,(H,16,21)(H,17,19). The summed E-state index contributed by atoms with van der Waals surface area (Å²) in [5.41, 5.74) is 1.55. The molecule has 1 amide bonds. The predicted octanol–water partition coefficient (Wildman–Crippen LogP) is 1.92. The second kappa shape index (κ2) is 7.36. The zero-order valence-electron chi connectivity index (χ0n) is 13.2. The number of ether oxygens (including phenoxy) is 1. The number of rotatable bonds is 6. The molecule has 0 radical (unpaired) electrons. The van der Waals surface area contributed by atoms with E-state index in [-0.39, 0.29) is 19.1 Å². The molecule has 124 valence electrons. The van der Waals surface area contributed by atoms with Crippen molar-refractivity contribution in [1.29, 1.82) is 0 Å². The molecule has 1 aliphatic carbocycles. The van der Waals surface area contributed by atoms with E-state index in [2.05, 4.69) is 25.7 Å². The molecular weight excluding hydrogens is 298 g/mol. The maximum absolute atomic E-state index is 12.4. The molecule has 8 heteroatoms. The van der Waals surface area contributed by atoms with Crippen LogP contribution in [0.4, 0.5) is 0 Å². The number of H-pyrrole nitrogens is 1. The third kappa shape index (κ3) is 3.76. The van der Waals surface area contributed by atoms with Crippen LogP contribution in [0.15, 0.2) is 10.7 Å². The maximum Gasteiger partial charge on any atom is 0.255 e. The number of nitrogens with zero attached hydrogens (tertiary/aromatic N) is 3. The Morgan fingerprint density at radius 1 is 1.43 bits per heavy atom. The Balaban J connectivity index is 1.60. The minimum absolute atomic E-state index is 0.169. The van der Waals surface area contributed by atoms with Gasteiger partial charge in [0.25, 0.3) is 11.8 Å². The number of aromatic nitrogens is 4. The van der Waals surface area contributed by atoms with Crippen LogP contribution in [0, 0.1) is 0 Å². The zero-order valence-corrected chi connectivity index (χ0v) is 13.2. The molecule has 1 fully saturated rings. The van der Waals surface area contributed by atoms with Crippen LogP contribution < -0.4 is 5.32 Å². The normalized spacial score (nSPS) is 15.7. The average Bonchev–Trinajstić information content (AvgIpc) is 3.23. The molecule has 2 aromatic heterocycles. The highest BCUT2D eigenvalue weighted by atomic mass is 16.5. The fourth-order valence-electron chi connectivity index (χ4n) is 2.98. The van der Waals surface area contributed by atoms with Crippen molar-refractivity contribution < 1.29 is 14.1 Å². The summed E-state index contributed by atoms with van der Waals surface area (Å²) < 4.78 is 9.90. The lowest BCUT2D eigenvalue weighted by Crippen LogP contribution is -2.25. The van der Waals surface area contributed by atoms with E-state index in [0.29, 0.717) is 23.2 Å². The molecule has 0 saturated heterocycles. The van der Waals surface area contributed by atoms with Gasteiger partial charge in [0.1, 0.15) is 6.61 Å². The van der Waals surface area contributed by atoms with E-state index >= 15 is 0 Å². The minimum atomic E-state index is -0.169. The monoisotopic (exact) mass is 319 g/mol. The van der Waals surface area contributed by atoms with Crippen LogP contribution >= 0.6 is 0 Å². The third-order valence-corrected chi connectivity index (χ3v) is 4.11. The largest absolute Gasteiger partial charge is 0.375 e. The van der Waals surface area contributed by atoms with E-state index in [1.54, 1.807) is 13.3 Å². The van der Waals surface area contributed by atoms with Gasteiger partial charge >= 0.3 is 0 Å². The molecule has 1 aliphatic rings. The molecule has 2 N–H and O–H groups in total. The molecule has 0 aliphatic heterocycles. The van der Waals surface area contributed by atoms with Crippen molar-refractivity contribution in [3.63, 3.8) is 0 Å². The molecule has 0 bridgehead atoms. The summed E-state index contributed by atoms with van der Waals surface area (Å²) in [5.74, 6) is 1.04. The lowest BCUT2D eigenvalue weighted by atomic mass is 9.85. The van der Waals surface area contributed by atoms with Gasteiger partial charge in [0.15, 0.2) is 5.82 Å². The summed E-state index contributed by atoms with van der Waals surface area (Å²) >= 11 is 0. The van der Waals surface area contributed by atoms with Gasteiger partial charge in [0, 0.05) is 13.0 Å². The molecule has 0 unspecified atom stereocenters. The molecule has 0 spiro atoms. The highest BCUT2D eigenvalue weighted by molar-refractivity contribution is 5.95. The van der Waals surface area contributed by atoms with Crippen molar-refractivity contribution in [3.8, 4) is 0 Å². The number of aromatic amines is 1. The first-order chi connectivity index (χ1) is 11.3. The Bertz CT molecular complexity index is 645. The topological polar surface area (TPSA) is 106 Å². The van der Waals surface area contributed by atoms with Crippen molar-refractivity contribution in [3.05, 3.63) is 29.2 Å². The minimum Gasteiger partial charge on any atom is -0.375 e. The lowest BCUT2D eigenvalue weighted by molar-refractivity contribution is 0.0948. The van der Waals surface area contributed by atoms with Gasteiger partial charge in [0.05, 0.1) is 24.0 Å².